The minimum absolute atomic E-state index is 0. The Bertz CT molecular complexity index is 519. The third-order valence-corrected chi connectivity index (χ3v) is 4.18. The monoisotopic (exact) mass is 385 g/mol. The summed E-state index contributed by atoms with van der Waals surface area (Å²) in [4.78, 5) is 4.51. The average Bonchev–Trinajstić information content (AvgIpc) is 2.84. The lowest BCUT2D eigenvalue weighted by Gasteiger charge is -2.21. The lowest BCUT2D eigenvalue weighted by atomic mass is 10.0. The Morgan fingerprint density at radius 3 is 2.75 bits per heavy atom. The van der Waals surface area contributed by atoms with Crippen molar-refractivity contribution >= 4 is 29.9 Å². The van der Waals surface area contributed by atoms with E-state index in [2.05, 4.69) is 55.3 Å². The summed E-state index contributed by atoms with van der Waals surface area (Å²) in [6.45, 7) is 7.14. The maximum absolute atomic E-state index is 5.92. The molecule has 3 nitrogen and oxygen atoms in total. The highest BCUT2D eigenvalue weighted by molar-refractivity contribution is 14.0. The SMILES string of the molecule is CC(C)(C)NC(N)=NCC1C2Cc3ccccc3C12.I. The first-order valence-corrected chi connectivity index (χ1v) is 7.11. The zero-order valence-corrected chi connectivity index (χ0v) is 14.7. The van der Waals surface area contributed by atoms with Crippen LogP contribution < -0.4 is 11.1 Å². The van der Waals surface area contributed by atoms with Crippen molar-refractivity contribution in [3.05, 3.63) is 35.4 Å². The molecule has 0 aliphatic heterocycles. The molecule has 3 rings (SSSR count). The number of aliphatic imine (C=N–C) groups is 1. The smallest absolute Gasteiger partial charge is 0.188 e. The number of nitrogens with two attached hydrogens (primary N) is 1. The summed E-state index contributed by atoms with van der Waals surface area (Å²) in [7, 11) is 0. The third-order valence-electron chi connectivity index (χ3n) is 4.18. The van der Waals surface area contributed by atoms with Crippen LogP contribution in [0, 0.1) is 11.8 Å². The first kappa shape index (κ1) is 15.6. The first-order chi connectivity index (χ1) is 8.96. The summed E-state index contributed by atoms with van der Waals surface area (Å²) in [5.74, 6) is 2.83. The molecule has 0 spiro atoms. The van der Waals surface area contributed by atoms with Gasteiger partial charge in [-0.15, -0.1) is 24.0 Å². The normalized spacial score (nSPS) is 27.4. The Kier molecular flexibility index (Phi) is 4.33. The minimum atomic E-state index is -0.0143. The van der Waals surface area contributed by atoms with Gasteiger partial charge in [0.15, 0.2) is 5.96 Å². The highest BCUT2D eigenvalue weighted by Gasteiger charge is 2.54. The maximum atomic E-state index is 5.92. The van der Waals surface area contributed by atoms with Gasteiger partial charge in [-0.25, -0.2) is 0 Å². The van der Waals surface area contributed by atoms with Gasteiger partial charge in [-0.3, -0.25) is 4.99 Å². The minimum Gasteiger partial charge on any atom is -0.370 e. The van der Waals surface area contributed by atoms with Gasteiger partial charge < -0.3 is 11.1 Å². The van der Waals surface area contributed by atoms with Crippen LogP contribution in [-0.4, -0.2) is 18.0 Å². The summed E-state index contributed by atoms with van der Waals surface area (Å²) in [6.07, 6.45) is 1.23. The van der Waals surface area contributed by atoms with E-state index in [-0.39, 0.29) is 29.5 Å². The van der Waals surface area contributed by atoms with Crippen molar-refractivity contribution in [3.8, 4) is 0 Å². The zero-order chi connectivity index (χ0) is 13.6. The van der Waals surface area contributed by atoms with E-state index < -0.39 is 0 Å². The fraction of sp³-hybridized carbons (Fsp3) is 0.562. The fourth-order valence-electron chi connectivity index (χ4n) is 3.36. The fourth-order valence-corrected chi connectivity index (χ4v) is 3.36. The number of halogens is 1. The number of fused-ring (bicyclic) bond motifs is 3. The molecule has 4 heteroatoms. The third kappa shape index (κ3) is 3.10. The average molecular weight is 385 g/mol. The van der Waals surface area contributed by atoms with Crippen molar-refractivity contribution in [1.29, 1.82) is 0 Å². The Morgan fingerprint density at radius 1 is 1.35 bits per heavy atom. The van der Waals surface area contributed by atoms with Gasteiger partial charge in [-0.2, -0.15) is 0 Å². The van der Waals surface area contributed by atoms with E-state index in [1.54, 1.807) is 11.1 Å². The predicted octanol–water partition coefficient (Wildman–Crippen LogP) is 2.89. The van der Waals surface area contributed by atoms with Gasteiger partial charge in [-0.1, -0.05) is 24.3 Å². The molecule has 3 atom stereocenters. The van der Waals surface area contributed by atoms with Crippen LogP contribution in [0.5, 0.6) is 0 Å². The number of benzene rings is 1. The van der Waals surface area contributed by atoms with Gasteiger partial charge in [0, 0.05) is 12.1 Å². The second-order valence-electron chi connectivity index (χ2n) is 6.86. The lowest BCUT2D eigenvalue weighted by Crippen LogP contribution is -2.45. The van der Waals surface area contributed by atoms with Crippen molar-refractivity contribution < 1.29 is 0 Å². The number of rotatable bonds is 2. The van der Waals surface area contributed by atoms with E-state index in [1.165, 1.54) is 6.42 Å². The molecule has 3 N–H and O–H groups in total. The highest BCUT2D eigenvalue weighted by Crippen LogP contribution is 2.61. The number of guanidine groups is 1. The van der Waals surface area contributed by atoms with Crippen molar-refractivity contribution in [1.82, 2.24) is 5.32 Å². The summed E-state index contributed by atoms with van der Waals surface area (Å²) in [5, 5.41) is 3.21. The predicted molar refractivity (Wildman–Crippen MR) is 94.7 cm³/mol. The Labute approximate surface area is 138 Å². The molecule has 0 heterocycles. The molecule has 1 aromatic rings. The molecule has 0 radical (unpaired) electrons. The standard InChI is InChI=1S/C16H23N3.HI/c1-16(2,3)19-15(17)18-9-13-12-8-10-6-4-5-7-11(10)14(12)13;/h4-7,12-14H,8-9H2,1-3H3,(H3,17,18,19);1H. The van der Waals surface area contributed by atoms with E-state index in [9.17, 15) is 0 Å². The van der Waals surface area contributed by atoms with E-state index >= 15 is 0 Å². The van der Waals surface area contributed by atoms with E-state index in [0.29, 0.717) is 11.9 Å². The second-order valence-corrected chi connectivity index (χ2v) is 6.86. The van der Waals surface area contributed by atoms with E-state index in [4.69, 9.17) is 5.73 Å². The summed E-state index contributed by atoms with van der Waals surface area (Å²) >= 11 is 0. The molecule has 3 unspecified atom stereocenters. The van der Waals surface area contributed by atoms with Gasteiger partial charge in [0.2, 0.25) is 0 Å². The Morgan fingerprint density at radius 2 is 2.05 bits per heavy atom. The number of hydrogen-bond acceptors (Lipinski definition) is 1. The summed E-state index contributed by atoms with van der Waals surface area (Å²) in [5.41, 5.74) is 9.00. The number of nitrogens with zero attached hydrogens (tertiary/aromatic N) is 1. The summed E-state index contributed by atoms with van der Waals surface area (Å²) in [6, 6.07) is 8.83. The van der Waals surface area contributed by atoms with Crippen LogP contribution >= 0.6 is 24.0 Å². The molecular formula is C16H24IN3. The highest BCUT2D eigenvalue weighted by atomic mass is 127. The molecule has 20 heavy (non-hydrogen) atoms. The molecule has 0 amide bonds. The van der Waals surface area contributed by atoms with Crippen LogP contribution in [0.1, 0.15) is 37.8 Å². The maximum Gasteiger partial charge on any atom is 0.188 e. The molecule has 2 aliphatic rings. The quantitative estimate of drug-likeness (QED) is 0.467. The first-order valence-electron chi connectivity index (χ1n) is 7.11. The van der Waals surface area contributed by atoms with E-state index in [1.807, 2.05) is 0 Å². The molecule has 1 aromatic carbocycles. The van der Waals surface area contributed by atoms with Crippen molar-refractivity contribution in [2.75, 3.05) is 6.54 Å². The van der Waals surface area contributed by atoms with Crippen LogP contribution in [0.25, 0.3) is 0 Å². The Balaban J connectivity index is 0.00000147. The van der Waals surface area contributed by atoms with Gasteiger partial charge in [-0.05, 0) is 56.1 Å². The molecule has 2 aliphatic carbocycles. The number of nitrogens with one attached hydrogen (secondary N) is 1. The van der Waals surface area contributed by atoms with Crippen molar-refractivity contribution in [2.24, 2.45) is 22.6 Å². The molecular weight excluding hydrogens is 361 g/mol. The number of hydrogen-bond donors (Lipinski definition) is 2. The molecule has 1 saturated carbocycles. The molecule has 0 bridgehead atoms. The van der Waals surface area contributed by atoms with Gasteiger partial charge in [0.05, 0.1) is 0 Å². The van der Waals surface area contributed by atoms with Crippen molar-refractivity contribution in [2.45, 2.75) is 38.6 Å². The Hall–Kier alpha value is -0.780. The van der Waals surface area contributed by atoms with Crippen LogP contribution in [-0.2, 0) is 6.42 Å². The van der Waals surface area contributed by atoms with Crippen LogP contribution in [0.2, 0.25) is 0 Å². The molecule has 110 valence electrons. The van der Waals surface area contributed by atoms with Crippen LogP contribution in [0.15, 0.2) is 29.3 Å². The van der Waals surface area contributed by atoms with Crippen LogP contribution in [0.3, 0.4) is 0 Å². The van der Waals surface area contributed by atoms with Crippen LogP contribution in [0.4, 0.5) is 0 Å². The zero-order valence-electron chi connectivity index (χ0n) is 12.4. The van der Waals surface area contributed by atoms with Gasteiger partial charge >= 0.3 is 0 Å². The summed E-state index contributed by atoms with van der Waals surface area (Å²) < 4.78 is 0. The van der Waals surface area contributed by atoms with Crippen molar-refractivity contribution in [3.63, 3.8) is 0 Å². The van der Waals surface area contributed by atoms with Gasteiger partial charge in [0.25, 0.3) is 0 Å². The van der Waals surface area contributed by atoms with Gasteiger partial charge in [0.1, 0.15) is 0 Å². The largest absolute Gasteiger partial charge is 0.370 e. The second kappa shape index (κ2) is 5.54. The molecule has 0 aromatic heterocycles. The lowest BCUT2D eigenvalue weighted by molar-refractivity contribution is 0.507. The molecule has 1 fully saturated rings. The molecule has 0 saturated heterocycles. The van der Waals surface area contributed by atoms with E-state index in [0.717, 1.165) is 18.4 Å². The topological polar surface area (TPSA) is 50.4 Å².